The van der Waals surface area contributed by atoms with Gasteiger partial charge in [-0.3, -0.25) is 14.4 Å². The van der Waals surface area contributed by atoms with E-state index in [2.05, 4.69) is 15.8 Å². The maximum atomic E-state index is 12.3. The second-order valence-corrected chi connectivity index (χ2v) is 6.17. The molecule has 0 aliphatic carbocycles. The van der Waals surface area contributed by atoms with Crippen molar-refractivity contribution in [2.24, 2.45) is 5.10 Å². The van der Waals surface area contributed by atoms with Gasteiger partial charge in [0.2, 0.25) is 0 Å². The molecule has 6 nitrogen and oxygen atoms in total. The van der Waals surface area contributed by atoms with E-state index in [0.717, 1.165) is 5.71 Å². The normalized spacial score (nSPS) is 9.96. The average Bonchev–Trinajstić information content (AvgIpc) is 3.00. The smallest absolute Gasteiger partial charge is 0.274 e. The molecule has 2 N–H and O–H groups in total. The quantitative estimate of drug-likeness (QED) is 0.496. The summed E-state index contributed by atoms with van der Waals surface area (Å²) in [6, 6.07) is 7.96. The highest BCUT2D eigenvalue weighted by Crippen LogP contribution is 2.24. The number of hydrazone groups is 1. The van der Waals surface area contributed by atoms with Crippen LogP contribution in [0.25, 0.3) is 0 Å². The topological polar surface area (TPSA) is 87.6 Å². The summed E-state index contributed by atoms with van der Waals surface area (Å²) >= 11 is 1.25. The van der Waals surface area contributed by atoms with Gasteiger partial charge in [-0.25, -0.2) is 5.43 Å². The molecule has 24 heavy (non-hydrogen) atoms. The molecule has 0 spiro atoms. The highest BCUT2D eigenvalue weighted by Gasteiger charge is 2.16. The first kappa shape index (κ1) is 17.6. The van der Waals surface area contributed by atoms with Crippen molar-refractivity contribution in [2.75, 3.05) is 5.32 Å². The van der Waals surface area contributed by atoms with Crippen molar-refractivity contribution in [1.82, 2.24) is 5.43 Å². The van der Waals surface area contributed by atoms with Crippen LogP contribution in [0.5, 0.6) is 0 Å². The molecule has 0 unspecified atom stereocenters. The van der Waals surface area contributed by atoms with E-state index in [1.807, 2.05) is 0 Å². The Morgan fingerprint density at radius 1 is 0.917 bits per heavy atom. The Morgan fingerprint density at radius 2 is 1.54 bits per heavy atom. The molecule has 0 atom stereocenters. The van der Waals surface area contributed by atoms with Gasteiger partial charge in [0.15, 0.2) is 5.78 Å². The summed E-state index contributed by atoms with van der Waals surface area (Å²) in [5.74, 6) is -0.803. The Balaban J connectivity index is 2.12. The molecule has 2 rings (SSSR count). The van der Waals surface area contributed by atoms with Crippen LogP contribution in [0.3, 0.4) is 0 Å². The summed E-state index contributed by atoms with van der Waals surface area (Å²) in [5, 5.41) is 8.73. The second kappa shape index (κ2) is 7.65. The van der Waals surface area contributed by atoms with Crippen molar-refractivity contribution in [3.8, 4) is 0 Å². The van der Waals surface area contributed by atoms with Crippen LogP contribution in [0.1, 0.15) is 51.8 Å². The monoisotopic (exact) mass is 343 g/mol. The third-order valence-corrected chi connectivity index (χ3v) is 3.90. The van der Waals surface area contributed by atoms with Gasteiger partial charge in [-0.05, 0) is 44.4 Å². The molecule has 1 aromatic heterocycles. The minimum atomic E-state index is -0.389. The number of Topliss-reactive ketones (excluding diaryl/α,β-unsaturated/α-hetero) is 1. The number of ketones is 1. The molecular weight excluding hydrogens is 326 g/mol. The number of anilines is 1. The van der Waals surface area contributed by atoms with Crippen LogP contribution < -0.4 is 10.7 Å². The minimum absolute atomic E-state index is 0.0639. The number of nitrogens with zero attached hydrogens (tertiary/aromatic N) is 1. The molecule has 0 saturated carbocycles. The third kappa shape index (κ3) is 4.36. The summed E-state index contributed by atoms with van der Waals surface area (Å²) in [6.45, 7) is 4.99. The predicted molar refractivity (Wildman–Crippen MR) is 95.0 cm³/mol. The fourth-order valence-electron chi connectivity index (χ4n) is 1.84. The lowest BCUT2D eigenvalue weighted by atomic mass is 10.1. The summed E-state index contributed by atoms with van der Waals surface area (Å²) in [7, 11) is 0. The van der Waals surface area contributed by atoms with E-state index in [1.54, 1.807) is 49.6 Å². The zero-order chi connectivity index (χ0) is 17.7. The molecule has 0 radical (unpaired) electrons. The molecule has 0 aliphatic rings. The number of benzene rings is 1. The van der Waals surface area contributed by atoms with E-state index in [-0.39, 0.29) is 17.6 Å². The Bertz CT molecular complexity index is 803. The molecule has 2 amide bonds. The van der Waals surface area contributed by atoms with Crippen molar-refractivity contribution >= 4 is 39.6 Å². The van der Waals surface area contributed by atoms with Crippen molar-refractivity contribution in [1.29, 1.82) is 0 Å². The molecule has 1 aromatic carbocycles. The van der Waals surface area contributed by atoms with E-state index in [4.69, 9.17) is 0 Å². The number of nitrogens with one attached hydrogen (secondary N) is 2. The Kier molecular flexibility index (Phi) is 5.59. The SMILES string of the molecule is CC(=O)c1ccc(C(=O)Nc2sccc2C(=O)NN=C(C)C)cc1. The number of hydrogen-bond donors (Lipinski definition) is 2. The van der Waals surface area contributed by atoms with Gasteiger partial charge >= 0.3 is 0 Å². The molecule has 124 valence electrons. The first-order valence-corrected chi connectivity index (χ1v) is 8.07. The zero-order valence-corrected chi connectivity index (χ0v) is 14.4. The van der Waals surface area contributed by atoms with E-state index in [1.165, 1.54) is 18.3 Å². The van der Waals surface area contributed by atoms with Crippen LogP contribution >= 0.6 is 11.3 Å². The fraction of sp³-hybridized carbons (Fsp3) is 0.176. The van der Waals surface area contributed by atoms with E-state index >= 15 is 0 Å². The molecule has 7 heteroatoms. The number of carbonyl (C=O) groups excluding carboxylic acids is 3. The maximum absolute atomic E-state index is 12.3. The lowest BCUT2D eigenvalue weighted by molar-refractivity contribution is 0.0955. The van der Waals surface area contributed by atoms with Gasteiger partial charge in [-0.1, -0.05) is 12.1 Å². The first-order valence-electron chi connectivity index (χ1n) is 7.19. The maximum Gasteiger partial charge on any atom is 0.274 e. The van der Waals surface area contributed by atoms with E-state index < -0.39 is 0 Å². The van der Waals surface area contributed by atoms with Gasteiger partial charge in [-0.15, -0.1) is 11.3 Å². The lowest BCUT2D eigenvalue weighted by Gasteiger charge is -2.06. The van der Waals surface area contributed by atoms with Crippen LogP contribution in [0.4, 0.5) is 5.00 Å². The number of hydrogen-bond acceptors (Lipinski definition) is 5. The molecule has 1 heterocycles. The molecule has 0 saturated heterocycles. The number of carbonyl (C=O) groups is 3. The predicted octanol–water partition coefficient (Wildman–Crippen LogP) is 3.33. The largest absolute Gasteiger partial charge is 0.313 e. The molecule has 0 bridgehead atoms. The first-order chi connectivity index (χ1) is 11.4. The van der Waals surface area contributed by atoms with E-state index in [0.29, 0.717) is 21.7 Å². The van der Waals surface area contributed by atoms with Crippen molar-refractivity contribution < 1.29 is 14.4 Å². The van der Waals surface area contributed by atoms with Gasteiger partial charge in [0, 0.05) is 16.8 Å². The number of thiophene rings is 1. The second-order valence-electron chi connectivity index (χ2n) is 5.25. The van der Waals surface area contributed by atoms with Gasteiger partial charge in [0.25, 0.3) is 11.8 Å². The van der Waals surface area contributed by atoms with Gasteiger partial charge in [0.1, 0.15) is 5.00 Å². The summed E-state index contributed by atoms with van der Waals surface area (Å²) in [4.78, 5) is 35.6. The van der Waals surface area contributed by atoms with Gasteiger partial charge < -0.3 is 5.32 Å². The van der Waals surface area contributed by atoms with Crippen molar-refractivity contribution in [3.05, 3.63) is 52.4 Å². The number of amides is 2. The van der Waals surface area contributed by atoms with Crippen LogP contribution in [0, 0.1) is 0 Å². The average molecular weight is 343 g/mol. The van der Waals surface area contributed by atoms with Crippen molar-refractivity contribution in [2.45, 2.75) is 20.8 Å². The van der Waals surface area contributed by atoms with Gasteiger partial charge in [0.05, 0.1) is 5.56 Å². The Hall–Kier alpha value is -2.80. The zero-order valence-electron chi connectivity index (χ0n) is 13.5. The number of rotatable bonds is 5. The lowest BCUT2D eigenvalue weighted by Crippen LogP contribution is -2.20. The van der Waals surface area contributed by atoms with Crippen LogP contribution in [-0.4, -0.2) is 23.3 Å². The minimum Gasteiger partial charge on any atom is -0.313 e. The molecule has 0 aliphatic heterocycles. The molecule has 2 aromatic rings. The van der Waals surface area contributed by atoms with Crippen molar-refractivity contribution in [3.63, 3.8) is 0 Å². The van der Waals surface area contributed by atoms with Crippen LogP contribution in [-0.2, 0) is 0 Å². The molecule has 0 fully saturated rings. The standard InChI is InChI=1S/C17H17N3O3S/c1-10(2)19-20-16(23)14-8-9-24-17(14)18-15(22)13-6-4-12(5-7-13)11(3)21/h4-9H,1-3H3,(H,18,22)(H,20,23). The summed E-state index contributed by atoms with van der Waals surface area (Å²) in [6.07, 6.45) is 0. The highest BCUT2D eigenvalue weighted by molar-refractivity contribution is 7.14. The highest BCUT2D eigenvalue weighted by atomic mass is 32.1. The fourth-order valence-corrected chi connectivity index (χ4v) is 2.62. The third-order valence-electron chi connectivity index (χ3n) is 3.07. The summed E-state index contributed by atoms with van der Waals surface area (Å²) in [5.41, 5.74) is 4.43. The van der Waals surface area contributed by atoms with Crippen LogP contribution in [0.2, 0.25) is 0 Å². The molecular formula is C17H17N3O3S. The Labute approximate surface area is 143 Å². The Morgan fingerprint density at radius 3 is 2.12 bits per heavy atom. The van der Waals surface area contributed by atoms with Gasteiger partial charge in [-0.2, -0.15) is 5.10 Å². The van der Waals surface area contributed by atoms with E-state index in [9.17, 15) is 14.4 Å². The van der Waals surface area contributed by atoms with Crippen LogP contribution in [0.15, 0.2) is 40.8 Å². The summed E-state index contributed by atoms with van der Waals surface area (Å²) < 4.78 is 0.